The first-order valence-corrected chi connectivity index (χ1v) is 5.11. The molecule has 0 aliphatic rings. The van der Waals surface area contributed by atoms with Crippen molar-refractivity contribution in [2.75, 3.05) is 11.9 Å². The van der Waals surface area contributed by atoms with Crippen molar-refractivity contribution in [1.82, 2.24) is 19.9 Å². The Labute approximate surface area is 103 Å². The number of aliphatic hydroxyl groups is 1. The molecule has 0 spiro atoms. The zero-order chi connectivity index (χ0) is 13.3. The molecule has 0 aromatic carbocycles. The molecular formula is C8H7ClF3N5O. The van der Waals surface area contributed by atoms with E-state index in [-0.39, 0.29) is 16.7 Å². The number of fused-ring (bicyclic) bond motifs is 1. The third-order valence-electron chi connectivity index (χ3n) is 2.10. The summed E-state index contributed by atoms with van der Waals surface area (Å²) in [6.07, 6.45) is -5.89. The van der Waals surface area contributed by atoms with E-state index in [0.717, 1.165) is 0 Å². The van der Waals surface area contributed by atoms with E-state index < -0.39 is 18.8 Å². The Bertz CT molecular complexity index is 557. The molecule has 98 valence electrons. The van der Waals surface area contributed by atoms with Crippen LogP contribution in [0, 0.1) is 0 Å². The van der Waals surface area contributed by atoms with E-state index in [1.54, 1.807) is 0 Å². The van der Waals surface area contributed by atoms with Crippen LogP contribution in [0.4, 0.5) is 19.0 Å². The van der Waals surface area contributed by atoms with Crippen LogP contribution in [0.15, 0.2) is 6.33 Å². The number of aromatic amines is 1. The minimum absolute atomic E-state index is 0.0470. The third-order valence-corrected chi connectivity index (χ3v) is 2.27. The monoisotopic (exact) mass is 281 g/mol. The van der Waals surface area contributed by atoms with Crippen LogP contribution in [0.5, 0.6) is 0 Å². The third kappa shape index (κ3) is 2.62. The Morgan fingerprint density at radius 1 is 1.44 bits per heavy atom. The normalized spacial score (nSPS) is 13.8. The fourth-order valence-electron chi connectivity index (χ4n) is 1.24. The van der Waals surface area contributed by atoms with Gasteiger partial charge in [0, 0.05) is 0 Å². The summed E-state index contributed by atoms with van der Waals surface area (Å²) in [5, 5.41) is 11.0. The molecule has 0 saturated heterocycles. The first kappa shape index (κ1) is 12.8. The van der Waals surface area contributed by atoms with E-state index in [9.17, 15) is 13.2 Å². The first-order valence-electron chi connectivity index (χ1n) is 4.73. The Hall–Kier alpha value is -1.61. The summed E-state index contributed by atoms with van der Waals surface area (Å²) in [7, 11) is 0. The predicted molar refractivity (Wildman–Crippen MR) is 57.2 cm³/mol. The van der Waals surface area contributed by atoms with Crippen molar-refractivity contribution in [2.24, 2.45) is 0 Å². The van der Waals surface area contributed by atoms with Gasteiger partial charge in [-0.25, -0.2) is 4.98 Å². The van der Waals surface area contributed by atoms with Crippen molar-refractivity contribution < 1.29 is 18.3 Å². The van der Waals surface area contributed by atoms with E-state index in [4.69, 9.17) is 16.7 Å². The van der Waals surface area contributed by atoms with Gasteiger partial charge in [0.1, 0.15) is 5.52 Å². The number of nitrogens with one attached hydrogen (secondary N) is 2. The van der Waals surface area contributed by atoms with Gasteiger partial charge in [0.05, 0.1) is 12.9 Å². The van der Waals surface area contributed by atoms with Crippen molar-refractivity contribution >= 4 is 28.6 Å². The standard InChI is InChI=1S/C8H7ClF3N5O/c9-7-16-5(4-6(17-7)15-2-14-4)13-1-3(18)8(10,11)12/h2-3,18H,1H2,(H2,13,14,15,16,17). The van der Waals surface area contributed by atoms with Gasteiger partial charge in [-0.05, 0) is 11.6 Å². The molecule has 2 heterocycles. The molecule has 0 aliphatic heterocycles. The molecule has 1 atom stereocenters. The van der Waals surface area contributed by atoms with Crippen molar-refractivity contribution in [3.63, 3.8) is 0 Å². The second-order valence-corrected chi connectivity index (χ2v) is 3.72. The lowest BCUT2D eigenvalue weighted by Crippen LogP contribution is -2.35. The number of H-pyrrole nitrogens is 1. The highest BCUT2D eigenvalue weighted by Crippen LogP contribution is 2.22. The van der Waals surface area contributed by atoms with Gasteiger partial charge in [-0.15, -0.1) is 0 Å². The molecule has 3 N–H and O–H groups in total. The Kier molecular flexibility index (Phi) is 3.26. The molecule has 6 nitrogen and oxygen atoms in total. The summed E-state index contributed by atoms with van der Waals surface area (Å²) < 4.78 is 36.3. The molecule has 1 unspecified atom stereocenters. The molecule has 2 aromatic heterocycles. The fraction of sp³-hybridized carbons (Fsp3) is 0.375. The SMILES string of the molecule is OC(CNc1nc(Cl)nc2nc[nH]c12)C(F)(F)F. The quantitative estimate of drug-likeness (QED) is 0.739. The van der Waals surface area contributed by atoms with E-state index in [2.05, 4.69) is 25.3 Å². The number of nitrogens with zero attached hydrogens (tertiary/aromatic N) is 3. The Morgan fingerprint density at radius 2 is 2.17 bits per heavy atom. The topological polar surface area (TPSA) is 86.7 Å². The van der Waals surface area contributed by atoms with Crippen molar-refractivity contribution in [2.45, 2.75) is 12.3 Å². The summed E-state index contributed by atoms with van der Waals surface area (Å²) in [6, 6.07) is 0. The highest BCUT2D eigenvalue weighted by atomic mass is 35.5. The summed E-state index contributed by atoms with van der Waals surface area (Å²) >= 11 is 5.59. The number of hydrogen-bond donors (Lipinski definition) is 3. The van der Waals surface area contributed by atoms with Crippen LogP contribution in [0.3, 0.4) is 0 Å². The molecule has 0 bridgehead atoms. The lowest BCUT2D eigenvalue weighted by molar-refractivity contribution is -0.198. The number of rotatable bonds is 3. The van der Waals surface area contributed by atoms with Crippen LogP contribution in [0.25, 0.3) is 11.2 Å². The van der Waals surface area contributed by atoms with Crippen LogP contribution in [0.1, 0.15) is 0 Å². The number of halogens is 4. The van der Waals surface area contributed by atoms with Crippen molar-refractivity contribution in [3.8, 4) is 0 Å². The average molecular weight is 282 g/mol. The molecular weight excluding hydrogens is 275 g/mol. The largest absolute Gasteiger partial charge is 0.416 e. The van der Waals surface area contributed by atoms with Crippen LogP contribution in [-0.2, 0) is 0 Å². The lowest BCUT2D eigenvalue weighted by Gasteiger charge is -2.15. The Balaban J connectivity index is 2.19. The maximum atomic E-state index is 12.1. The maximum Gasteiger partial charge on any atom is 0.416 e. The number of anilines is 1. The number of aliphatic hydroxyl groups excluding tert-OH is 1. The molecule has 18 heavy (non-hydrogen) atoms. The van der Waals surface area contributed by atoms with E-state index in [0.29, 0.717) is 5.52 Å². The van der Waals surface area contributed by atoms with Gasteiger partial charge in [0.25, 0.3) is 0 Å². The first-order chi connectivity index (χ1) is 8.38. The lowest BCUT2D eigenvalue weighted by atomic mass is 10.3. The van der Waals surface area contributed by atoms with Gasteiger partial charge < -0.3 is 15.4 Å². The molecule has 2 aromatic rings. The van der Waals surface area contributed by atoms with Crippen LogP contribution in [0.2, 0.25) is 5.28 Å². The van der Waals surface area contributed by atoms with E-state index in [1.807, 2.05) is 0 Å². The summed E-state index contributed by atoms with van der Waals surface area (Å²) in [4.78, 5) is 13.9. The van der Waals surface area contributed by atoms with Gasteiger partial charge in [-0.2, -0.15) is 23.1 Å². The van der Waals surface area contributed by atoms with E-state index >= 15 is 0 Å². The number of aromatic nitrogens is 4. The maximum absolute atomic E-state index is 12.1. The fourth-order valence-corrected chi connectivity index (χ4v) is 1.41. The Morgan fingerprint density at radius 3 is 2.83 bits per heavy atom. The summed E-state index contributed by atoms with van der Waals surface area (Å²) in [6.45, 7) is -0.745. The highest BCUT2D eigenvalue weighted by Gasteiger charge is 2.38. The second kappa shape index (κ2) is 4.58. The van der Waals surface area contributed by atoms with Crippen LogP contribution in [-0.4, -0.2) is 43.9 Å². The highest BCUT2D eigenvalue weighted by molar-refractivity contribution is 6.28. The minimum Gasteiger partial charge on any atom is -0.382 e. The van der Waals surface area contributed by atoms with Crippen LogP contribution < -0.4 is 5.32 Å². The minimum atomic E-state index is -4.70. The molecule has 0 saturated carbocycles. The molecule has 2 rings (SSSR count). The van der Waals surface area contributed by atoms with E-state index in [1.165, 1.54) is 6.33 Å². The average Bonchev–Trinajstić information content (AvgIpc) is 2.71. The van der Waals surface area contributed by atoms with Gasteiger partial charge in [0.2, 0.25) is 5.28 Å². The predicted octanol–water partition coefficient (Wildman–Crippen LogP) is 1.34. The van der Waals surface area contributed by atoms with Gasteiger partial charge in [0.15, 0.2) is 17.6 Å². The van der Waals surface area contributed by atoms with Crippen LogP contribution >= 0.6 is 11.6 Å². The summed E-state index contributed by atoms with van der Waals surface area (Å²) in [5.74, 6) is 0.0470. The molecule has 0 fully saturated rings. The number of alkyl halides is 3. The smallest absolute Gasteiger partial charge is 0.382 e. The van der Waals surface area contributed by atoms with Gasteiger partial charge in [-0.3, -0.25) is 0 Å². The number of imidazole rings is 1. The molecule has 0 aliphatic carbocycles. The second-order valence-electron chi connectivity index (χ2n) is 3.38. The zero-order valence-electron chi connectivity index (χ0n) is 8.66. The molecule has 10 heteroatoms. The molecule has 0 radical (unpaired) electrons. The summed E-state index contributed by atoms with van der Waals surface area (Å²) in [5.41, 5.74) is 0.535. The van der Waals surface area contributed by atoms with Gasteiger partial charge >= 0.3 is 6.18 Å². The zero-order valence-corrected chi connectivity index (χ0v) is 9.42. The number of hydrogen-bond acceptors (Lipinski definition) is 5. The van der Waals surface area contributed by atoms with Gasteiger partial charge in [-0.1, -0.05) is 0 Å². The molecule has 0 amide bonds. The van der Waals surface area contributed by atoms with Crippen molar-refractivity contribution in [1.29, 1.82) is 0 Å². The van der Waals surface area contributed by atoms with Crippen molar-refractivity contribution in [3.05, 3.63) is 11.6 Å².